The number of furan rings is 1. The molecule has 1 aliphatic heterocycles. The van der Waals surface area contributed by atoms with Crippen LogP contribution in [-0.4, -0.2) is 35.4 Å². The molecule has 0 bridgehead atoms. The summed E-state index contributed by atoms with van der Waals surface area (Å²) in [7, 11) is 1.56. The molecule has 1 aromatic carbocycles. The van der Waals surface area contributed by atoms with E-state index in [-0.39, 0.29) is 11.3 Å². The van der Waals surface area contributed by atoms with Gasteiger partial charge in [0, 0.05) is 12.1 Å². The van der Waals surface area contributed by atoms with Crippen LogP contribution in [0.25, 0.3) is 5.76 Å². The first-order chi connectivity index (χ1) is 12.9. The summed E-state index contributed by atoms with van der Waals surface area (Å²) in [6.07, 6.45) is 0.685. The number of nitrogens with zero attached hydrogens (tertiary/aromatic N) is 1. The van der Waals surface area contributed by atoms with Crippen LogP contribution < -0.4 is 4.74 Å². The number of hydrogen-bond acceptors (Lipinski definition) is 5. The number of ether oxygens (including phenoxy) is 1. The third-order valence-electron chi connectivity index (χ3n) is 4.72. The maximum atomic E-state index is 12.8. The van der Waals surface area contributed by atoms with Crippen LogP contribution in [0.1, 0.15) is 42.0 Å². The van der Waals surface area contributed by atoms with E-state index in [1.165, 1.54) is 4.90 Å². The molecule has 1 N–H and O–H groups in total. The van der Waals surface area contributed by atoms with E-state index in [0.29, 0.717) is 35.8 Å². The van der Waals surface area contributed by atoms with Crippen molar-refractivity contribution in [2.75, 3.05) is 13.7 Å². The lowest BCUT2D eigenvalue weighted by Crippen LogP contribution is -2.30. The molecule has 6 heteroatoms. The predicted octanol–water partition coefficient (Wildman–Crippen LogP) is 3.74. The lowest BCUT2D eigenvalue weighted by Gasteiger charge is -2.22. The van der Waals surface area contributed by atoms with Crippen LogP contribution in [0, 0.1) is 13.8 Å². The van der Waals surface area contributed by atoms with Crippen molar-refractivity contribution >= 4 is 17.4 Å². The fourth-order valence-corrected chi connectivity index (χ4v) is 3.42. The molecule has 1 saturated heterocycles. The Bertz CT molecular complexity index is 924. The van der Waals surface area contributed by atoms with Gasteiger partial charge in [0.25, 0.3) is 11.7 Å². The van der Waals surface area contributed by atoms with Crippen LogP contribution >= 0.6 is 0 Å². The van der Waals surface area contributed by atoms with E-state index < -0.39 is 17.7 Å². The Morgan fingerprint density at radius 1 is 1.22 bits per heavy atom. The van der Waals surface area contributed by atoms with Gasteiger partial charge in [0.05, 0.1) is 12.7 Å². The summed E-state index contributed by atoms with van der Waals surface area (Å²) < 4.78 is 10.9. The Labute approximate surface area is 158 Å². The molecule has 0 saturated carbocycles. The fourth-order valence-electron chi connectivity index (χ4n) is 3.42. The molecule has 1 amide bonds. The fraction of sp³-hybridized carbons (Fsp3) is 0.333. The topological polar surface area (TPSA) is 80.0 Å². The average molecular weight is 369 g/mol. The molecule has 2 aromatic rings. The molecule has 0 spiro atoms. The first kappa shape index (κ1) is 18.8. The Balaban J connectivity index is 2.19. The molecular weight excluding hydrogens is 346 g/mol. The van der Waals surface area contributed by atoms with E-state index in [4.69, 9.17) is 9.15 Å². The summed E-state index contributed by atoms with van der Waals surface area (Å²) in [4.78, 5) is 26.8. The number of aliphatic hydroxyl groups is 1. The maximum Gasteiger partial charge on any atom is 0.295 e. The molecule has 1 aliphatic rings. The minimum atomic E-state index is -0.736. The van der Waals surface area contributed by atoms with Crippen LogP contribution in [0.15, 0.2) is 40.3 Å². The van der Waals surface area contributed by atoms with Gasteiger partial charge >= 0.3 is 0 Å². The van der Waals surface area contributed by atoms with Crippen LogP contribution in [0.4, 0.5) is 0 Å². The molecule has 6 nitrogen and oxygen atoms in total. The minimum absolute atomic E-state index is 0.0519. The molecule has 1 atom stereocenters. The molecule has 27 heavy (non-hydrogen) atoms. The van der Waals surface area contributed by atoms with E-state index >= 15 is 0 Å². The average Bonchev–Trinajstić information content (AvgIpc) is 3.17. The van der Waals surface area contributed by atoms with Crippen molar-refractivity contribution in [1.29, 1.82) is 0 Å². The second-order valence-electron chi connectivity index (χ2n) is 6.62. The lowest BCUT2D eigenvalue weighted by atomic mass is 9.97. The van der Waals surface area contributed by atoms with Gasteiger partial charge < -0.3 is 19.2 Å². The zero-order valence-corrected chi connectivity index (χ0v) is 15.9. The van der Waals surface area contributed by atoms with Crippen molar-refractivity contribution in [3.05, 3.63) is 58.6 Å². The van der Waals surface area contributed by atoms with E-state index in [1.807, 2.05) is 13.8 Å². The van der Waals surface area contributed by atoms with Crippen molar-refractivity contribution < 1.29 is 23.8 Å². The van der Waals surface area contributed by atoms with E-state index in [2.05, 4.69) is 0 Å². The number of Topliss-reactive ketones (excluding diaryl/α,β-unsaturated/α-hetero) is 1. The van der Waals surface area contributed by atoms with E-state index in [9.17, 15) is 14.7 Å². The molecule has 1 unspecified atom stereocenters. The van der Waals surface area contributed by atoms with Gasteiger partial charge in [-0.15, -0.1) is 0 Å². The number of aliphatic hydroxyl groups excluding tert-OH is 1. The summed E-state index contributed by atoms with van der Waals surface area (Å²) in [6.45, 7) is 5.93. The molecule has 1 aromatic heterocycles. The van der Waals surface area contributed by atoms with Crippen molar-refractivity contribution in [3.8, 4) is 5.75 Å². The highest BCUT2D eigenvalue weighted by molar-refractivity contribution is 6.46. The first-order valence-electron chi connectivity index (χ1n) is 8.88. The number of aryl methyl sites for hydroxylation is 2. The number of hydrogen-bond donors (Lipinski definition) is 1. The highest BCUT2D eigenvalue weighted by Gasteiger charge is 2.47. The number of methoxy groups -OCH3 is 1. The third kappa shape index (κ3) is 3.23. The van der Waals surface area contributed by atoms with Crippen molar-refractivity contribution in [3.63, 3.8) is 0 Å². The summed E-state index contributed by atoms with van der Waals surface area (Å²) in [5.74, 6) is 0.263. The van der Waals surface area contributed by atoms with Gasteiger partial charge in [-0.2, -0.15) is 0 Å². The first-order valence-corrected chi connectivity index (χ1v) is 8.88. The Morgan fingerprint density at radius 2 is 1.96 bits per heavy atom. The lowest BCUT2D eigenvalue weighted by molar-refractivity contribution is -0.140. The van der Waals surface area contributed by atoms with Gasteiger partial charge in [-0.25, -0.2) is 0 Å². The zero-order valence-electron chi connectivity index (χ0n) is 15.9. The highest BCUT2D eigenvalue weighted by atomic mass is 16.5. The van der Waals surface area contributed by atoms with Crippen LogP contribution in [-0.2, 0) is 9.59 Å². The standard InChI is InChI=1S/C21H23NO5/c1-5-10-22-18(16-9-6-13(3)27-16)17(20(24)21(22)25)19(23)15-8-7-14(26-4)11-12(15)2/h6-9,11,18,23H,5,10H2,1-4H3/b19-17-. The second-order valence-corrected chi connectivity index (χ2v) is 6.62. The van der Waals surface area contributed by atoms with Crippen LogP contribution in [0.5, 0.6) is 5.75 Å². The number of benzene rings is 1. The van der Waals surface area contributed by atoms with Gasteiger partial charge in [0.2, 0.25) is 0 Å². The SMILES string of the molecule is CCCN1C(=O)C(=O)/C(=C(\O)c2ccc(OC)cc2C)C1c1ccc(C)o1. The molecular formula is C21H23NO5. The number of likely N-dealkylation sites (tertiary alicyclic amines) is 1. The monoisotopic (exact) mass is 369 g/mol. The summed E-state index contributed by atoms with van der Waals surface area (Å²) >= 11 is 0. The molecule has 3 rings (SSSR count). The molecule has 0 aliphatic carbocycles. The molecule has 0 radical (unpaired) electrons. The third-order valence-corrected chi connectivity index (χ3v) is 4.72. The molecule has 2 heterocycles. The summed E-state index contributed by atoms with van der Waals surface area (Å²) in [5, 5.41) is 11.0. The Morgan fingerprint density at radius 3 is 2.52 bits per heavy atom. The smallest absolute Gasteiger partial charge is 0.295 e. The van der Waals surface area contributed by atoms with E-state index in [1.54, 1.807) is 44.4 Å². The largest absolute Gasteiger partial charge is 0.507 e. The zero-order chi connectivity index (χ0) is 19.7. The van der Waals surface area contributed by atoms with Gasteiger partial charge in [0.1, 0.15) is 29.1 Å². The van der Waals surface area contributed by atoms with Gasteiger partial charge in [-0.05, 0) is 56.2 Å². The number of carbonyl (C=O) groups is 2. The highest BCUT2D eigenvalue weighted by Crippen LogP contribution is 2.40. The van der Waals surface area contributed by atoms with Crippen molar-refractivity contribution in [2.24, 2.45) is 0 Å². The number of rotatable bonds is 5. The van der Waals surface area contributed by atoms with Gasteiger partial charge in [0.15, 0.2) is 0 Å². The second kappa shape index (κ2) is 7.31. The normalized spacial score (nSPS) is 19.0. The van der Waals surface area contributed by atoms with Gasteiger partial charge in [-0.1, -0.05) is 6.92 Å². The van der Waals surface area contributed by atoms with Crippen LogP contribution in [0.2, 0.25) is 0 Å². The van der Waals surface area contributed by atoms with Crippen LogP contribution in [0.3, 0.4) is 0 Å². The predicted molar refractivity (Wildman–Crippen MR) is 100 cm³/mol. The Kier molecular flexibility index (Phi) is 5.08. The summed E-state index contributed by atoms with van der Waals surface area (Å²) in [6, 6.07) is 7.93. The van der Waals surface area contributed by atoms with Crippen molar-refractivity contribution in [2.45, 2.75) is 33.2 Å². The van der Waals surface area contributed by atoms with E-state index in [0.717, 1.165) is 5.56 Å². The number of carbonyl (C=O) groups excluding carboxylic acids is 2. The molecule has 1 fully saturated rings. The van der Waals surface area contributed by atoms with Crippen molar-refractivity contribution in [1.82, 2.24) is 4.90 Å². The molecule has 142 valence electrons. The quantitative estimate of drug-likeness (QED) is 0.493. The summed E-state index contributed by atoms with van der Waals surface area (Å²) in [5.41, 5.74) is 1.28. The van der Waals surface area contributed by atoms with Gasteiger partial charge in [-0.3, -0.25) is 9.59 Å². The number of amides is 1. The minimum Gasteiger partial charge on any atom is -0.507 e. The number of ketones is 1. The maximum absolute atomic E-state index is 12.8. The Hall–Kier alpha value is -3.02.